The van der Waals surface area contributed by atoms with E-state index in [-0.39, 0.29) is 14.9 Å². The standard InChI is InChI=1S/C15H14Cl2N2O3S/c1-9-3-4-14(10(2)5-9)15(20)18-19-23(21,22)13-7-11(16)6-12(17)8-13/h3-8,19H,1-2H3,(H,18,20). The molecule has 0 aliphatic heterocycles. The van der Waals surface area contributed by atoms with Crippen LogP contribution in [0.15, 0.2) is 41.3 Å². The van der Waals surface area contributed by atoms with Crippen molar-refractivity contribution in [1.82, 2.24) is 10.3 Å². The van der Waals surface area contributed by atoms with Gasteiger partial charge in [-0.15, -0.1) is 4.83 Å². The van der Waals surface area contributed by atoms with E-state index < -0.39 is 15.9 Å². The fourth-order valence-electron chi connectivity index (χ4n) is 1.99. The van der Waals surface area contributed by atoms with Crippen molar-refractivity contribution in [2.45, 2.75) is 18.7 Å². The molecule has 2 N–H and O–H groups in total. The van der Waals surface area contributed by atoms with Crippen LogP contribution in [-0.2, 0) is 10.0 Å². The molecule has 0 saturated carbocycles. The molecule has 0 atom stereocenters. The minimum Gasteiger partial charge on any atom is -0.273 e. The molecule has 0 unspecified atom stereocenters. The van der Waals surface area contributed by atoms with Crippen molar-refractivity contribution in [2.75, 3.05) is 0 Å². The Balaban J connectivity index is 2.17. The zero-order chi connectivity index (χ0) is 17.2. The highest BCUT2D eigenvalue weighted by Gasteiger charge is 2.17. The van der Waals surface area contributed by atoms with Crippen LogP contribution in [0.3, 0.4) is 0 Å². The summed E-state index contributed by atoms with van der Waals surface area (Å²) in [5, 5.41) is 0.358. The molecule has 0 aliphatic rings. The molecule has 122 valence electrons. The van der Waals surface area contributed by atoms with Crippen LogP contribution >= 0.6 is 23.2 Å². The number of hydrogen-bond acceptors (Lipinski definition) is 3. The summed E-state index contributed by atoms with van der Waals surface area (Å²) in [6.45, 7) is 3.67. The summed E-state index contributed by atoms with van der Waals surface area (Å²) in [6, 6.07) is 9.12. The van der Waals surface area contributed by atoms with Crippen LogP contribution < -0.4 is 10.3 Å². The number of carbonyl (C=O) groups is 1. The number of carbonyl (C=O) groups excluding carboxylic acids is 1. The number of hydrogen-bond donors (Lipinski definition) is 2. The zero-order valence-electron chi connectivity index (χ0n) is 12.4. The van der Waals surface area contributed by atoms with Crippen LogP contribution in [0.1, 0.15) is 21.5 Å². The number of rotatable bonds is 4. The van der Waals surface area contributed by atoms with E-state index in [1.807, 2.05) is 17.8 Å². The monoisotopic (exact) mass is 372 g/mol. The van der Waals surface area contributed by atoms with Crippen molar-refractivity contribution in [3.8, 4) is 0 Å². The molecule has 0 heterocycles. The Morgan fingerprint density at radius 1 is 1.00 bits per heavy atom. The van der Waals surface area contributed by atoms with Gasteiger partial charge in [-0.05, 0) is 43.7 Å². The molecule has 5 nitrogen and oxygen atoms in total. The van der Waals surface area contributed by atoms with Crippen molar-refractivity contribution in [1.29, 1.82) is 0 Å². The molecule has 0 fully saturated rings. The van der Waals surface area contributed by atoms with E-state index in [1.54, 1.807) is 19.1 Å². The molecule has 2 aromatic rings. The van der Waals surface area contributed by atoms with Gasteiger partial charge >= 0.3 is 0 Å². The summed E-state index contributed by atoms with van der Waals surface area (Å²) in [4.78, 5) is 14.0. The first-order valence-corrected chi connectivity index (χ1v) is 8.78. The Morgan fingerprint density at radius 3 is 2.17 bits per heavy atom. The maximum Gasteiger partial charge on any atom is 0.266 e. The topological polar surface area (TPSA) is 75.3 Å². The van der Waals surface area contributed by atoms with Crippen LogP contribution in [-0.4, -0.2) is 14.3 Å². The molecule has 0 bridgehead atoms. The van der Waals surface area contributed by atoms with Gasteiger partial charge in [0.1, 0.15) is 0 Å². The van der Waals surface area contributed by atoms with Crippen LogP contribution in [0.2, 0.25) is 10.0 Å². The number of aryl methyl sites for hydroxylation is 2. The molecular formula is C15H14Cl2N2O3S. The Labute approximate surface area is 144 Å². The van der Waals surface area contributed by atoms with E-state index in [9.17, 15) is 13.2 Å². The van der Waals surface area contributed by atoms with E-state index in [2.05, 4.69) is 5.43 Å². The average molecular weight is 373 g/mol. The lowest BCUT2D eigenvalue weighted by Gasteiger charge is -2.11. The van der Waals surface area contributed by atoms with Crippen molar-refractivity contribution in [2.24, 2.45) is 0 Å². The van der Waals surface area contributed by atoms with Crippen LogP contribution in [0, 0.1) is 13.8 Å². The molecule has 23 heavy (non-hydrogen) atoms. The second kappa shape index (κ2) is 6.88. The van der Waals surface area contributed by atoms with E-state index in [0.717, 1.165) is 11.1 Å². The van der Waals surface area contributed by atoms with E-state index in [0.29, 0.717) is 5.56 Å². The summed E-state index contributed by atoms with van der Waals surface area (Å²) in [5.41, 5.74) is 4.30. The second-order valence-electron chi connectivity index (χ2n) is 4.98. The lowest BCUT2D eigenvalue weighted by Crippen LogP contribution is -2.41. The van der Waals surface area contributed by atoms with Crippen LogP contribution in [0.5, 0.6) is 0 Å². The number of benzene rings is 2. The van der Waals surface area contributed by atoms with Gasteiger partial charge in [-0.3, -0.25) is 10.2 Å². The van der Waals surface area contributed by atoms with Gasteiger partial charge in [0.05, 0.1) is 4.90 Å². The summed E-state index contributed by atoms with van der Waals surface area (Å²) in [7, 11) is -3.98. The first-order chi connectivity index (χ1) is 10.7. The van der Waals surface area contributed by atoms with Gasteiger partial charge in [-0.2, -0.15) is 0 Å². The lowest BCUT2D eigenvalue weighted by atomic mass is 10.1. The Morgan fingerprint density at radius 2 is 1.61 bits per heavy atom. The maximum atomic E-state index is 12.2. The van der Waals surface area contributed by atoms with Crippen molar-refractivity contribution >= 4 is 39.1 Å². The van der Waals surface area contributed by atoms with Gasteiger partial charge in [0.2, 0.25) is 0 Å². The predicted octanol–water partition coefficient (Wildman–Crippen LogP) is 3.23. The van der Waals surface area contributed by atoms with Crippen molar-refractivity contribution < 1.29 is 13.2 Å². The summed E-state index contributed by atoms with van der Waals surface area (Å²) in [6.07, 6.45) is 0. The molecule has 0 radical (unpaired) electrons. The van der Waals surface area contributed by atoms with Gasteiger partial charge in [0.25, 0.3) is 15.9 Å². The molecule has 2 aromatic carbocycles. The van der Waals surface area contributed by atoms with Gasteiger partial charge in [-0.1, -0.05) is 40.9 Å². The molecule has 0 spiro atoms. The minimum atomic E-state index is -3.98. The second-order valence-corrected chi connectivity index (χ2v) is 7.54. The zero-order valence-corrected chi connectivity index (χ0v) is 14.7. The number of amides is 1. The van der Waals surface area contributed by atoms with E-state index in [1.165, 1.54) is 18.2 Å². The highest BCUT2D eigenvalue weighted by molar-refractivity contribution is 7.89. The third kappa shape index (κ3) is 4.45. The highest BCUT2D eigenvalue weighted by Crippen LogP contribution is 2.22. The molecule has 0 aliphatic carbocycles. The largest absolute Gasteiger partial charge is 0.273 e. The number of hydrazine groups is 1. The Bertz CT molecular complexity index is 847. The SMILES string of the molecule is Cc1ccc(C(=O)NNS(=O)(=O)c2cc(Cl)cc(Cl)c2)c(C)c1. The molecule has 8 heteroatoms. The van der Waals surface area contributed by atoms with E-state index >= 15 is 0 Å². The Kier molecular flexibility index (Phi) is 5.31. The lowest BCUT2D eigenvalue weighted by molar-refractivity contribution is 0.0944. The number of halogens is 2. The van der Waals surface area contributed by atoms with Crippen LogP contribution in [0.25, 0.3) is 0 Å². The quantitative estimate of drug-likeness (QED) is 0.808. The van der Waals surface area contributed by atoms with Crippen LogP contribution in [0.4, 0.5) is 0 Å². The fourth-order valence-corrected chi connectivity index (χ4v) is 3.56. The average Bonchev–Trinajstić information content (AvgIpc) is 2.44. The van der Waals surface area contributed by atoms with Gasteiger partial charge in [0.15, 0.2) is 0 Å². The highest BCUT2D eigenvalue weighted by atomic mass is 35.5. The van der Waals surface area contributed by atoms with Crippen molar-refractivity contribution in [3.63, 3.8) is 0 Å². The minimum absolute atomic E-state index is 0.143. The first kappa shape index (κ1) is 17.7. The van der Waals surface area contributed by atoms with Gasteiger partial charge in [0, 0.05) is 15.6 Å². The molecular weight excluding hydrogens is 359 g/mol. The first-order valence-electron chi connectivity index (χ1n) is 6.54. The van der Waals surface area contributed by atoms with Gasteiger partial charge in [-0.25, -0.2) is 8.42 Å². The summed E-state index contributed by atoms with van der Waals surface area (Å²) >= 11 is 11.6. The maximum absolute atomic E-state index is 12.2. The number of sulfonamides is 1. The molecule has 1 amide bonds. The van der Waals surface area contributed by atoms with E-state index in [4.69, 9.17) is 23.2 Å². The molecule has 0 saturated heterocycles. The van der Waals surface area contributed by atoms with Crippen molar-refractivity contribution in [3.05, 3.63) is 63.1 Å². The van der Waals surface area contributed by atoms with Gasteiger partial charge < -0.3 is 0 Å². The smallest absolute Gasteiger partial charge is 0.266 e. The predicted molar refractivity (Wildman–Crippen MR) is 90.2 cm³/mol. The normalized spacial score (nSPS) is 11.3. The molecule has 2 rings (SSSR count). The Hall–Kier alpha value is -1.60. The fraction of sp³-hybridized carbons (Fsp3) is 0.133. The summed E-state index contributed by atoms with van der Waals surface area (Å²) < 4.78 is 24.3. The number of nitrogens with one attached hydrogen (secondary N) is 2. The third-order valence-corrected chi connectivity index (χ3v) is 4.74. The molecule has 0 aromatic heterocycles. The summed E-state index contributed by atoms with van der Waals surface area (Å²) in [5.74, 6) is -0.556. The third-order valence-electron chi connectivity index (χ3n) is 3.07.